The Kier molecular flexibility index (Phi) is 4.35. The fraction of sp³-hybridized carbons (Fsp3) is 0. The maximum Gasteiger partial charge on any atom is 0.295 e. The molecule has 21 heavy (non-hydrogen) atoms. The second-order valence-corrected chi connectivity index (χ2v) is 4.65. The highest BCUT2D eigenvalue weighted by Crippen LogP contribution is 2.26. The van der Waals surface area contributed by atoms with Gasteiger partial charge in [-0.15, -0.1) is 0 Å². The zero-order valence-corrected chi connectivity index (χ0v) is 11.7. The summed E-state index contributed by atoms with van der Waals surface area (Å²) in [6.07, 6.45) is 1.18. The SMILES string of the molecule is O=C(Nc1ccc(F)cc1[N+](=O)[O-])c1cc(Cl)ncc1Cl. The number of nitro benzene ring substituents is 1. The molecular formula is C12H6Cl2FN3O3. The third-order valence-corrected chi connectivity index (χ3v) is 2.98. The molecule has 1 aromatic carbocycles. The molecule has 108 valence electrons. The average Bonchev–Trinajstić information content (AvgIpc) is 2.43. The third kappa shape index (κ3) is 3.45. The van der Waals surface area contributed by atoms with Gasteiger partial charge in [0.2, 0.25) is 0 Å². The first-order valence-corrected chi connectivity index (χ1v) is 6.20. The van der Waals surface area contributed by atoms with E-state index in [1.54, 1.807) is 0 Å². The van der Waals surface area contributed by atoms with E-state index in [-0.39, 0.29) is 21.4 Å². The minimum atomic E-state index is -0.806. The van der Waals surface area contributed by atoms with Crippen LogP contribution in [0.2, 0.25) is 10.2 Å². The third-order valence-electron chi connectivity index (χ3n) is 2.47. The molecule has 0 bridgehead atoms. The van der Waals surface area contributed by atoms with Gasteiger partial charge in [0.1, 0.15) is 16.7 Å². The lowest BCUT2D eigenvalue weighted by molar-refractivity contribution is -0.384. The minimum Gasteiger partial charge on any atom is -0.316 e. The van der Waals surface area contributed by atoms with Crippen LogP contribution in [0.3, 0.4) is 0 Å². The number of carbonyl (C=O) groups is 1. The van der Waals surface area contributed by atoms with E-state index in [2.05, 4.69) is 10.3 Å². The van der Waals surface area contributed by atoms with Gasteiger partial charge >= 0.3 is 0 Å². The summed E-state index contributed by atoms with van der Waals surface area (Å²) in [6.45, 7) is 0. The summed E-state index contributed by atoms with van der Waals surface area (Å²) in [4.78, 5) is 25.8. The predicted molar refractivity (Wildman–Crippen MR) is 75.3 cm³/mol. The topological polar surface area (TPSA) is 85.1 Å². The lowest BCUT2D eigenvalue weighted by Crippen LogP contribution is -2.14. The number of aromatic nitrogens is 1. The predicted octanol–water partition coefficient (Wildman–Crippen LogP) is 3.69. The molecule has 2 rings (SSSR count). The Labute approximate surface area is 127 Å². The molecule has 0 aliphatic carbocycles. The van der Waals surface area contributed by atoms with E-state index in [0.29, 0.717) is 6.07 Å². The molecule has 0 aliphatic heterocycles. The molecule has 0 saturated heterocycles. The number of rotatable bonds is 3. The molecule has 1 heterocycles. The van der Waals surface area contributed by atoms with Crippen LogP contribution in [0.1, 0.15) is 10.4 Å². The monoisotopic (exact) mass is 329 g/mol. The molecule has 1 N–H and O–H groups in total. The Bertz CT molecular complexity index is 740. The largest absolute Gasteiger partial charge is 0.316 e. The molecular weight excluding hydrogens is 324 g/mol. The van der Waals surface area contributed by atoms with Gasteiger partial charge in [-0.1, -0.05) is 23.2 Å². The average molecular weight is 330 g/mol. The van der Waals surface area contributed by atoms with Crippen LogP contribution in [0, 0.1) is 15.9 Å². The van der Waals surface area contributed by atoms with Gasteiger partial charge < -0.3 is 5.32 Å². The van der Waals surface area contributed by atoms with Crippen molar-refractivity contribution < 1.29 is 14.1 Å². The fourth-order valence-corrected chi connectivity index (χ4v) is 1.89. The molecule has 1 aromatic heterocycles. The van der Waals surface area contributed by atoms with Gasteiger partial charge in [-0.3, -0.25) is 14.9 Å². The molecule has 0 radical (unpaired) electrons. The van der Waals surface area contributed by atoms with E-state index in [1.165, 1.54) is 12.3 Å². The van der Waals surface area contributed by atoms with E-state index in [4.69, 9.17) is 23.2 Å². The normalized spacial score (nSPS) is 10.2. The smallest absolute Gasteiger partial charge is 0.295 e. The van der Waals surface area contributed by atoms with E-state index in [1.807, 2.05) is 0 Å². The van der Waals surface area contributed by atoms with Gasteiger partial charge in [-0.05, 0) is 18.2 Å². The zero-order valence-electron chi connectivity index (χ0n) is 10.1. The van der Waals surface area contributed by atoms with Crippen molar-refractivity contribution in [2.45, 2.75) is 0 Å². The highest BCUT2D eigenvalue weighted by Gasteiger charge is 2.19. The maximum absolute atomic E-state index is 13.0. The molecule has 0 aliphatic rings. The number of nitro groups is 1. The van der Waals surface area contributed by atoms with Crippen LogP contribution in [0.4, 0.5) is 15.8 Å². The number of nitrogens with one attached hydrogen (secondary N) is 1. The number of halogens is 3. The summed E-state index contributed by atoms with van der Waals surface area (Å²) >= 11 is 11.5. The lowest BCUT2D eigenvalue weighted by Gasteiger charge is -2.07. The summed E-state index contributed by atoms with van der Waals surface area (Å²) in [5.41, 5.74) is -0.731. The highest BCUT2D eigenvalue weighted by atomic mass is 35.5. The quantitative estimate of drug-likeness (QED) is 0.528. The Morgan fingerprint density at radius 3 is 2.71 bits per heavy atom. The molecule has 0 unspecified atom stereocenters. The van der Waals surface area contributed by atoms with Crippen LogP contribution in [0.25, 0.3) is 0 Å². The second kappa shape index (κ2) is 6.02. The van der Waals surface area contributed by atoms with Crippen LogP contribution in [0.15, 0.2) is 30.5 Å². The van der Waals surface area contributed by atoms with Gasteiger partial charge in [-0.2, -0.15) is 0 Å². The Morgan fingerprint density at radius 2 is 2.05 bits per heavy atom. The molecule has 0 saturated carbocycles. The molecule has 0 atom stereocenters. The van der Waals surface area contributed by atoms with Gasteiger partial charge in [0.05, 0.1) is 21.6 Å². The van der Waals surface area contributed by atoms with E-state index >= 15 is 0 Å². The maximum atomic E-state index is 13.0. The van der Waals surface area contributed by atoms with E-state index < -0.39 is 22.3 Å². The van der Waals surface area contributed by atoms with Gasteiger partial charge in [-0.25, -0.2) is 9.37 Å². The van der Waals surface area contributed by atoms with Crippen LogP contribution in [0.5, 0.6) is 0 Å². The Morgan fingerprint density at radius 1 is 1.33 bits per heavy atom. The van der Waals surface area contributed by atoms with Crippen molar-refractivity contribution in [2.75, 3.05) is 5.32 Å². The Balaban J connectivity index is 2.36. The molecule has 9 heteroatoms. The van der Waals surface area contributed by atoms with Crippen molar-refractivity contribution in [3.8, 4) is 0 Å². The van der Waals surface area contributed by atoms with Crippen molar-refractivity contribution in [1.82, 2.24) is 4.98 Å². The summed E-state index contributed by atoms with van der Waals surface area (Å²) < 4.78 is 13.0. The number of hydrogen-bond donors (Lipinski definition) is 1. The fourth-order valence-electron chi connectivity index (χ4n) is 1.54. The number of benzene rings is 1. The molecule has 0 spiro atoms. The molecule has 2 aromatic rings. The van der Waals surface area contributed by atoms with Gasteiger partial charge in [0, 0.05) is 6.20 Å². The minimum absolute atomic E-state index is 0.00436. The van der Waals surface area contributed by atoms with Crippen LogP contribution in [-0.2, 0) is 0 Å². The highest BCUT2D eigenvalue weighted by molar-refractivity contribution is 6.35. The molecule has 1 amide bonds. The first kappa shape index (κ1) is 15.1. The number of anilines is 1. The van der Waals surface area contributed by atoms with Crippen LogP contribution < -0.4 is 5.32 Å². The van der Waals surface area contributed by atoms with Crippen molar-refractivity contribution >= 4 is 40.5 Å². The Hall–Kier alpha value is -2.25. The van der Waals surface area contributed by atoms with Crippen molar-refractivity contribution in [1.29, 1.82) is 0 Å². The summed E-state index contributed by atoms with van der Waals surface area (Å²) in [5, 5.41) is 13.2. The first-order chi connectivity index (χ1) is 9.88. The number of hydrogen-bond acceptors (Lipinski definition) is 4. The van der Waals surface area contributed by atoms with Crippen LogP contribution in [-0.4, -0.2) is 15.8 Å². The summed E-state index contributed by atoms with van der Waals surface area (Å²) in [6, 6.07) is 4.00. The first-order valence-electron chi connectivity index (χ1n) is 5.45. The second-order valence-electron chi connectivity index (χ2n) is 3.86. The number of pyridine rings is 1. The standard InChI is InChI=1S/C12H6Cl2FN3O3/c13-8-5-16-11(14)4-7(8)12(19)17-9-2-1-6(15)3-10(9)18(20)21/h1-5H,(H,17,19). The number of nitrogens with zero attached hydrogens (tertiary/aromatic N) is 2. The van der Waals surface area contributed by atoms with Crippen molar-refractivity contribution in [3.63, 3.8) is 0 Å². The summed E-state index contributed by atoms with van der Waals surface area (Å²) in [7, 11) is 0. The zero-order chi connectivity index (χ0) is 15.6. The van der Waals surface area contributed by atoms with Crippen molar-refractivity contribution in [2.24, 2.45) is 0 Å². The lowest BCUT2D eigenvalue weighted by atomic mass is 10.2. The number of carbonyl (C=O) groups excluding carboxylic acids is 1. The van der Waals surface area contributed by atoms with Gasteiger partial charge in [0.25, 0.3) is 11.6 Å². The molecule has 0 fully saturated rings. The van der Waals surface area contributed by atoms with Gasteiger partial charge in [0.15, 0.2) is 0 Å². The van der Waals surface area contributed by atoms with Crippen molar-refractivity contribution in [3.05, 3.63) is 62.1 Å². The number of amides is 1. The summed E-state index contributed by atoms with van der Waals surface area (Å²) in [5.74, 6) is -1.51. The molecule has 6 nitrogen and oxygen atoms in total. The van der Waals surface area contributed by atoms with Crippen LogP contribution >= 0.6 is 23.2 Å². The van der Waals surface area contributed by atoms with E-state index in [0.717, 1.165) is 12.1 Å². The van der Waals surface area contributed by atoms with E-state index in [9.17, 15) is 19.3 Å².